The van der Waals surface area contributed by atoms with Gasteiger partial charge in [0.05, 0.1) is 0 Å². The minimum Gasteiger partial charge on any atom is -0.357 e. The smallest absolute Gasteiger partial charge is 0.193 e. The largest absolute Gasteiger partial charge is 0.357 e. The van der Waals surface area contributed by atoms with Crippen LogP contribution in [0.1, 0.15) is 52.4 Å². The van der Waals surface area contributed by atoms with Crippen molar-refractivity contribution in [2.24, 2.45) is 22.7 Å². The number of nitrogens with zero attached hydrogens (tertiary/aromatic N) is 2. The van der Waals surface area contributed by atoms with Crippen LogP contribution in [-0.4, -0.2) is 37.5 Å². The number of aliphatic imine (C=N–C) groups is 1. The lowest BCUT2D eigenvalue weighted by Gasteiger charge is -2.31. The van der Waals surface area contributed by atoms with E-state index in [1.807, 2.05) is 0 Å². The van der Waals surface area contributed by atoms with Crippen LogP contribution in [0.4, 0.5) is 0 Å². The summed E-state index contributed by atoms with van der Waals surface area (Å²) in [5.74, 6) is 3.80. The van der Waals surface area contributed by atoms with E-state index in [9.17, 15) is 0 Å². The highest BCUT2D eigenvalue weighted by Gasteiger charge is 2.23. The minimum atomic E-state index is 0. The average molecular weight is 393 g/mol. The Labute approximate surface area is 142 Å². The summed E-state index contributed by atoms with van der Waals surface area (Å²) in [4.78, 5) is 7.14. The maximum absolute atomic E-state index is 4.79. The Balaban J connectivity index is 0.00000200. The Morgan fingerprint density at radius 1 is 1.10 bits per heavy atom. The molecule has 118 valence electrons. The van der Waals surface area contributed by atoms with Crippen molar-refractivity contribution in [1.29, 1.82) is 0 Å². The van der Waals surface area contributed by atoms with Crippen molar-refractivity contribution in [2.75, 3.05) is 26.7 Å². The van der Waals surface area contributed by atoms with E-state index in [2.05, 4.69) is 31.1 Å². The molecule has 1 N–H and O–H groups in total. The van der Waals surface area contributed by atoms with Gasteiger partial charge in [-0.25, -0.2) is 0 Å². The Kier molecular flexibility index (Phi) is 8.22. The number of hydrogen-bond donors (Lipinski definition) is 1. The van der Waals surface area contributed by atoms with Gasteiger partial charge in [-0.3, -0.25) is 4.99 Å². The van der Waals surface area contributed by atoms with Gasteiger partial charge in [0.25, 0.3) is 0 Å². The number of guanidine groups is 1. The number of hydrogen-bond acceptors (Lipinski definition) is 1. The maximum Gasteiger partial charge on any atom is 0.193 e. The summed E-state index contributed by atoms with van der Waals surface area (Å²) in [6.07, 6.45) is 8.38. The van der Waals surface area contributed by atoms with Crippen molar-refractivity contribution in [3.63, 3.8) is 0 Å². The van der Waals surface area contributed by atoms with Gasteiger partial charge in [-0.1, -0.05) is 19.8 Å². The summed E-state index contributed by atoms with van der Waals surface area (Å²) in [5, 5.41) is 3.44. The zero-order chi connectivity index (χ0) is 13.7. The van der Waals surface area contributed by atoms with Gasteiger partial charge in [0, 0.05) is 26.7 Å². The summed E-state index contributed by atoms with van der Waals surface area (Å²) >= 11 is 0. The lowest BCUT2D eigenvalue weighted by Crippen LogP contribution is -2.42. The van der Waals surface area contributed by atoms with Gasteiger partial charge in [0.1, 0.15) is 0 Å². The highest BCUT2D eigenvalue weighted by atomic mass is 127. The third-order valence-corrected chi connectivity index (χ3v) is 4.56. The van der Waals surface area contributed by atoms with E-state index in [-0.39, 0.29) is 24.0 Å². The van der Waals surface area contributed by atoms with Crippen LogP contribution in [0.15, 0.2) is 4.99 Å². The standard InChI is InChI=1S/C16H31N3.HI/c1-4-17-16(18-11-14-9-10-14)19(3)12-15-7-5-13(2)6-8-15;/h13-15H,4-12H2,1-3H3,(H,17,18);1H. The van der Waals surface area contributed by atoms with E-state index in [1.165, 1.54) is 45.1 Å². The third-order valence-electron chi connectivity index (χ3n) is 4.56. The first-order valence-corrected chi connectivity index (χ1v) is 8.18. The van der Waals surface area contributed by atoms with Gasteiger partial charge in [0.2, 0.25) is 0 Å². The summed E-state index contributed by atoms with van der Waals surface area (Å²) in [6, 6.07) is 0. The fraction of sp³-hybridized carbons (Fsp3) is 0.938. The molecule has 0 amide bonds. The molecule has 0 spiro atoms. The van der Waals surface area contributed by atoms with E-state index in [0.29, 0.717) is 0 Å². The second-order valence-electron chi connectivity index (χ2n) is 6.64. The lowest BCUT2D eigenvalue weighted by atomic mass is 9.83. The molecule has 0 unspecified atom stereocenters. The average Bonchev–Trinajstić information content (AvgIpc) is 3.21. The van der Waals surface area contributed by atoms with E-state index >= 15 is 0 Å². The fourth-order valence-corrected chi connectivity index (χ4v) is 2.97. The summed E-state index contributed by atoms with van der Waals surface area (Å²) in [7, 11) is 2.20. The van der Waals surface area contributed by atoms with Crippen LogP contribution >= 0.6 is 24.0 Å². The normalized spacial score (nSPS) is 26.9. The lowest BCUT2D eigenvalue weighted by molar-refractivity contribution is 0.250. The maximum atomic E-state index is 4.79. The summed E-state index contributed by atoms with van der Waals surface area (Å²) in [6.45, 7) is 7.71. The molecule has 2 saturated carbocycles. The van der Waals surface area contributed by atoms with Crippen LogP contribution in [0.5, 0.6) is 0 Å². The van der Waals surface area contributed by atoms with Crippen LogP contribution in [-0.2, 0) is 0 Å². The molecular weight excluding hydrogens is 361 g/mol. The van der Waals surface area contributed by atoms with Crippen molar-refractivity contribution in [1.82, 2.24) is 10.2 Å². The molecule has 0 aromatic heterocycles. The highest BCUT2D eigenvalue weighted by molar-refractivity contribution is 14.0. The fourth-order valence-electron chi connectivity index (χ4n) is 2.97. The van der Waals surface area contributed by atoms with E-state index < -0.39 is 0 Å². The molecule has 0 saturated heterocycles. The molecule has 2 aliphatic carbocycles. The zero-order valence-corrected chi connectivity index (χ0v) is 15.7. The van der Waals surface area contributed by atoms with Crippen LogP contribution < -0.4 is 5.32 Å². The first kappa shape index (κ1) is 18.1. The monoisotopic (exact) mass is 393 g/mol. The molecular formula is C16H32IN3. The molecule has 0 radical (unpaired) electrons. The van der Waals surface area contributed by atoms with Crippen molar-refractivity contribution < 1.29 is 0 Å². The van der Waals surface area contributed by atoms with Crippen LogP contribution in [0.2, 0.25) is 0 Å². The quantitative estimate of drug-likeness (QED) is 0.438. The zero-order valence-electron chi connectivity index (χ0n) is 13.4. The number of rotatable bonds is 5. The molecule has 0 aromatic carbocycles. The van der Waals surface area contributed by atoms with Gasteiger partial charge in [-0.05, 0) is 50.4 Å². The van der Waals surface area contributed by atoms with Crippen LogP contribution in [0.25, 0.3) is 0 Å². The molecule has 0 heterocycles. The number of nitrogens with one attached hydrogen (secondary N) is 1. The first-order chi connectivity index (χ1) is 9.19. The van der Waals surface area contributed by atoms with Crippen molar-refractivity contribution >= 4 is 29.9 Å². The van der Waals surface area contributed by atoms with Crippen LogP contribution in [0, 0.1) is 17.8 Å². The molecule has 2 rings (SSSR count). The third kappa shape index (κ3) is 6.19. The van der Waals surface area contributed by atoms with Gasteiger partial charge in [-0.15, -0.1) is 24.0 Å². The number of halogens is 1. The molecule has 2 aliphatic rings. The summed E-state index contributed by atoms with van der Waals surface area (Å²) < 4.78 is 0. The Morgan fingerprint density at radius 2 is 1.70 bits per heavy atom. The van der Waals surface area contributed by atoms with Gasteiger partial charge in [-0.2, -0.15) is 0 Å². The van der Waals surface area contributed by atoms with E-state index in [0.717, 1.165) is 36.8 Å². The Morgan fingerprint density at radius 3 is 2.25 bits per heavy atom. The Hall–Kier alpha value is 0. The van der Waals surface area contributed by atoms with Gasteiger partial charge < -0.3 is 10.2 Å². The molecule has 0 aromatic rings. The molecule has 0 bridgehead atoms. The first-order valence-electron chi connectivity index (χ1n) is 8.18. The van der Waals surface area contributed by atoms with E-state index in [1.54, 1.807) is 0 Å². The van der Waals surface area contributed by atoms with Gasteiger partial charge >= 0.3 is 0 Å². The minimum absolute atomic E-state index is 0. The van der Waals surface area contributed by atoms with Crippen molar-refractivity contribution in [2.45, 2.75) is 52.4 Å². The second-order valence-corrected chi connectivity index (χ2v) is 6.64. The van der Waals surface area contributed by atoms with Crippen LogP contribution in [0.3, 0.4) is 0 Å². The van der Waals surface area contributed by atoms with Crippen molar-refractivity contribution in [3.05, 3.63) is 0 Å². The second kappa shape index (κ2) is 9.11. The Bertz CT molecular complexity index is 294. The summed E-state index contributed by atoms with van der Waals surface area (Å²) in [5.41, 5.74) is 0. The predicted octanol–water partition coefficient (Wildman–Crippen LogP) is 3.74. The van der Waals surface area contributed by atoms with Gasteiger partial charge in [0.15, 0.2) is 5.96 Å². The molecule has 3 nitrogen and oxygen atoms in total. The SMILES string of the molecule is CCNC(=NCC1CC1)N(C)CC1CCC(C)CC1.I. The highest BCUT2D eigenvalue weighted by Crippen LogP contribution is 2.30. The predicted molar refractivity (Wildman–Crippen MR) is 97.9 cm³/mol. The molecule has 2 fully saturated rings. The molecule has 20 heavy (non-hydrogen) atoms. The van der Waals surface area contributed by atoms with E-state index in [4.69, 9.17) is 4.99 Å². The molecule has 0 atom stereocenters. The molecule has 0 aliphatic heterocycles. The molecule has 4 heteroatoms. The van der Waals surface area contributed by atoms with Crippen molar-refractivity contribution in [3.8, 4) is 0 Å². The topological polar surface area (TPSA) is 27.6 Å².